The molecular formula is C16H16N6O. The van der Waals surface area contributed by atoms with Crippen LogP contribution in [0.3, 0.4) is 0 Å². The van der Waals surface area contributed by atoms with Gasteiger partial charge in [0.15, 0.2) is 0 Å². The van der Waals surface area contributed by atoms with Gasteiger partial charge in [0.1, 0.15) is 0 Å². The number of aromatic nitrogens is 4. The molecule has 0 radical (unpaired) electrons. The molecule has 1 saturated heterocycles. The van der Waals surface area contributed by atoms with E-state index >= 15 is 0 Å². The molecule has 1 fully saturated rings. The standard InChI is InChI=1S/C16H16N6O/c1-2-5-13(6-3-1)14-19-16(23-20-14)22-11-9-21(10-12-22)15-17-7-4-8-18-15/h1-8H,9-12H2. The van der Waals surface area contributed by atoms with Crippen molar-refractivity contribution >= 4 is 12.0 Å². The minimum atomic E-state index is 0.567. The summed E-state index contributed by atoms with van der Waals surface area (Å²) < 4.78 is 5.41. The molecule has 0 unspecified atom stereocenters. The van der Waals surface area contributed by atoms with E-state index in [0.717, 1.165) is 37.7 Å². The lowest BCUT2D eigenvalue weighted by atomic mass is 10.2. The summed E-state index contributed by atoms with van der Waals surface area (Å²) in [5, 5.41) is 4.07. The molecule has 116 valence electrons. The third-order valence-corrected chi connectivity index (χ3v) is 3.83. The van der Waals surface area contributed by atoms with Gasteiger partial charge in [-0.1, -0.05) is 35.5 Å². The summed E-state index contributed by atoms with van der Waals surface area (Å²) in [4.78, 5) is 17.3. The fraction of sp³-hybridized carbons (Fsp3) is 0.250. The van der Waals surface area contributed by atoms with Crippen molar-refractivity contribution in [1.29, 1.82) is 0 Å². The van der Waals surface area contributed by atoms with E-state index in [1.807, 2.05) is 36.4 Å². The van der Waals surface area contributed by atoms with Crippen LogP contribution in [0.1, 0.15) is 0 Å². The Labute approximate surface area is 133 Å². The molecule has 7 heteroatoms. The normalized spacial score (nSPS) is 15.0. The summed E-state index contributed by atoms with van der Waals surface area (Å²) in [6.07, 6.45) is 3.53. The van der Waals surface area contributed by atoms with Crippen molar-refractivity contribution in [3.63, 3.8) is 0 Å². The highest BCUT2D eigenvalue weighted by Gasteiger charge is 2.22. The van der Waals surface area contributed by atoms with E-state index in [9.17, 15) is 0 Å². The number of nitrogens with zero attached hydrogens (tertiary/aromatic N) is 6. The van der Waals surface area contributed by atoms with Crippen LogP contribution in [0.25, 0.3) is 11.4 Å². The predicted molar refractivity (Wildman–Crippen MR) is 86.2 cm³/mol. The fourth-order valence-electron chi connectivity index (χ4n) is 2.60. The molecule has 4 rings (SSSR count). The Bertz CT molecular complexity index is 753. The maximum absolute atomic E-state index is 5.41. The summed E-state index contributed by atoms with van der Waals surface area (Å²) in [5.74, 6) is 1.39. The molecular weight excluding hydrogens is 292 g/mol. The monoisotopic (exact) mass is 308 g/mol. The zero-order valence-electron chi connectivity index (χ0n) is 12.5. The molecule has 0 saturated carbocycles. The van der Waals surface area contributed by atoms with Crippen LogP contribution in [0.4, 0.5) is 12.0 Å². The number of hydrogen-bond acceptors (Lipinski definition) is 7. The molecule has 3 aromatic rings. The topological polar surface area (TPSA) is 71.2 Å². The maximum atomic E-state index is 5.41. The molecule has 23 heavy (non-hydrogen) atoms. The molecule has 0 spiro atoms. The van der Waals surface area contributed by atoms with Crippen molar-refractivity contribution in [2.24, 2.45) is 0 Å². The highest BCUT2D eigenvalue weighted by molar-refractivity contribution is 5.55. The van der Waals surface area contributed by atoms with Crippen LogP contribution in [0.2, 0.25) is 0 Å². The Hall–Kier alpha value is -2.96. The highest BCUT2D eigenvalue weighted by atomic mass is 16.5. The molecule has 2 aromatic heterocycles. The lowest BCUT2D eigenvalue weighted by Crippen LogP contribution is -2.47. The van der Waals surface area contributed by atoms with Gasteiger partial charge in [0, 0.05) is 44.1 Å². The van der Waals surface area contributed by atoms with E-state index in [1.54, 1.807) is 12.4 Å². The van der Waals surface area contributed by atoms with Crippen LogP contribution in [0.5, 0.6) is 0 Å². The lowest BCUT2D eigenvalue weighted by molar-refractivity contribution is 0.409. The molecule has 0 aliphatic carbocycles. The minimum Gasteiger partial charge on any atom is -0.337 e. The summed E-state index contributed by atoms with van der Waals surface area (Å²) in [5.41, 5.74) is 0.957. The summed E-state index contributed by atoms with van der Waals surface area (Å²) in [6.45, 7) is 3.25. The van der Waals surface area contributed by atoms with Crippen LogP contribution < -0.4 is 9.80 Å². The van der Waals surface area contributed by atoms with Gasteiger partial charge in [0.2, 0.25) is 11.8 Å². The summed E-state index contributed by atoms with van der Waals surface area (Å²) >= 11 is 0. The number of rotatable bonds is 3. The Morgan fingerprint density at radius 2 is 1.52 bits per heavy atom. The SMILES string of the molecule is c1ccc(-c2noc(N3CCN(c4ncccn4)CC3)n2)cc1. The first-order chi connectivity index (χ1) is 11.4. The molecule has 0 bridgehead atoms. The second-order valence-electron chi connectivity index (χ2n) is 5.29. The Morgan fingerprint density at radius 1 is 0.826 bits per heavy atom. The third kappa shape index (κ3) is 2.85. The van der Waals surface area contributed by atoms with Crippen LogP contribution in [-0.2, 0) is 0 Å². The zero-order chi connectivity index (χ0) is 15.5. The first kappa shape index (κ1) is 13.7. The predicted octanol–water partition coefficient (Wildman–Crippen LogP) is 1.85. The van der Waals surface area contributed by atoms with Gasteiger partial charge in [-0.3, -0.25) is 0 Å². The number of benzene rings is 1. The first-order valence-corrected chi connectivity index (χ1v) is 7.56. The molecule has 0 N–H and O–H groups in total. The van der Waals surface area contributed by atoms with Gasteiger partial charge >= 0.3 is 6.01 Å². The second-order valence-corrected chi connectivity index (χ2v) is 5.29. The van der Waals surface area contributed by atoms with Gasteiger partial charge in [-0.25, -0.2) is 9.97 Å². The van der Waals surface area contributed by atoms with Gasteiger partial charge in [0.25, 0.3) is 0 Å². The molecule has 1 aromatic carbocycles. The van der Waals surface area contributed by atoms with Gasteiger partial charge in [-0.05, 0) is 6.07 Å². The van der Waals surface area contributed by atoms with E-state index in [1.165, 1.54) is 0 Å². The van der Waals surface area contributed by atoms with Crippen molar-refractivity contribution < 1.29 is 4.52 Å². The second kappa shape index (κ2) is 6.04. The van der Waals surface area contributed by atoms with E-state index in [-0.39, 0.29) is 0 Å². The number of hydrogen-bond donors (Lipinski definition) is 0. The van der Waals surface area contributed by atoms with E-state index in [4.69, 9.17) is 4.52 Å². The molecule has 7 nitrogen and oxygen atoms in total. The van der Waals surface area contributed by atoms with E-state index in [2.05, 4.69) is 29.9 Å². The van der Waals surface area contributed by atoms with Crippen molar-refractivity contribution in [3.05, 3.63) is 48.8 Å². The van der Waals surface area contributed by atoms with Crippen LogP contribution in [0.15, 0.2) is 53.3 Å². The van der Waals surface area contributed by atoms with Crippen molar-refractivity contribution in [2.75, 3.05) is 36.0 Å². The molecule has 3 heterocycles. The quantitative estimate of drug-likeness (QED) is 0.731. The Balaban J connectivity index is 1.44. The summed E-state index contributed by atoms with van der Waals surface area (Å²) in [6, 6.07) is 12.2. The maximum Gasteiger partial charge on any atom is 0.324 e. The molecule has 1 aliphatic heterocycles. The Kier molecular flexibility index (Phi) is 3.59. The van der Waals surface area contributed by atoms with Crippen LogP contribution >= 0.6 is 0 Å². The van der Waals surface area contributed by atoms with Crippen molar-refractivity contribution in [3.8, 4) is 11.4 Å². The molecule has 0 amide bonds. The first-order valence-electron chi connectivity index (χ1n) is 7.56. The zero-order valence-corrected chi connectivity index (χ0v) is 12.5. The average molecular weight is 308 g/mol. The number of anilines is 2. The van der Waals surface area contributed by atoms with Crippen molar-refractivity contribution in [1.82, 2.24) is 20.1 Å². The van der Waals surface area contributed by atoms with E-state index < -0.39 is 0 Å². The van der Waals surface area contributed by atoms with Gasteiger partial charge in [0.05, 0.1) is 0 Å². The highest BCUT2D eigenvalue weighted by Crippen LogP contribution is 2.21. The van der Waals surface area contributed by atoms with Gasteiger partial charge in [-0.2, -0.15) is 4.98 Å². The number of piperazine rings is 1. The van der Waals surface area contributed by atoms with Crippen molar-refractivity contribution in [2.45, 2.75) is 0 Å². The summed E-state index contributed by atoms with van der Waals surface area (Å²) in [7, 11) is 0. The van der Waals surface area contributed by atoms with Gasteiger partial charge in [-0.15, -0.1) is 0 Å². The Morgan fingerprint density at radius 3 is 2.26 bits per heavy atom. The van der Waals surface area contributed by atoms with Gasteiger partial charge < -0.3 is 14.3 Å². The lowest BCUT2D eigenvalue weighted by Gasteiger charge is -2.33. The van der Waals surface area contributed by atoms with Crippen LogP contribution in [-0.4, -0.2) is 46.3 Å². The smallest absolute Gasteiger partial charge is 0.324 e. The third-order valence-electron chi connectivity index (χ3n) is 3.83. The molecule has 0 atom stereocenters. The average Bonchev–Trinajstić information content (AvgIpc) is 3.14. The minimum absolute atomic E-state index is 0.567. The van der Waals surface area contributed by atoms with E-state index in [0.29, 0.717) is 11.8 Å². The largest absolute Gasteiger partial charge is 0.337 e. The molecule has 1 aliphatic rings. The van der Waals surface area contributed by atoms with Crippen LogP contribution in [0, 0.1) is 0 Å². The fourth-order valence-corrected chi connectivity index (χ4v) is 2.60.